The number of rotatable bonds is 10. The molecular formula is C17H22ClNO3S. The predicted molar refractivity (Wildman–Crippen MR) is 94.4 cm³/mol. The van der Waals surface area contributed by atoms with Gasteiger partial charge >= 0.3 is 0 Å². The Hall–Kier alpha value is -1.11. The van der Waals surface area contributed by atoms with Crippen LogP contribution < -0.4 is 4.74 Å². The fourth-order valence-corrected chi connectivity index (χ4v) is 2.96. The van der Waals surface area contributed by atoms with E-state index in [1.165, 1.54) is 5.56 Å². The topological polar surface area (TPSA) is 41.9 Å². The van der Waals surface area contributed by atoms with E-state index in [0.29, 0.717) is 23.9 Å². The molecule has 0 bridgehead atoms. The molecule has 1 aromatic heterocycles. The third kappa shape index (κ3) is 6.89. The first-order chi connectivity index (χ1) is 11.2. The third-order valence-corrected chi connectivity index (χ3v) is 4.31. The highest BCUT2D eigenvalue weighted by atomic mass is 35.5. The van der Waals surface area contributed by atoms with E-state index in [9.17, 15) is 5.11 Å². The first-order valence-electron chi connectivity index (χ1n) is 7.46. The second-order valence-electron chi connectivity index (χ2n) is 5.28. The molecule has 2 rings (SSSR count). The number of hydrogen-bond acceptors (Lipinski definition) is 5. The van der Waals surface area contributed by atoms with E-state index in [1.54, 1.807) is 42.7 Å². The summed E-state index contributed by atoms with van der Waals surface area (Å²) < 4.78 is 10.7. The first-order valence-corrected chi connectivity index (χ1v) is 8.78. The number of hydrogen-bond donors (Lipinski definition) is 1. The standard InChI is InChI=1S/C17H22ClNO3S/c1-21-8-7-19(10-14-6-9-23-13-14)11-16(20)12-22-17-4-2-15(18)3-5-17/h2-6,9,13,16,20H,7-8,10-12H2,1H3/t16-/m1/s1. The fourth-order valence-electron chi connectivity index (χ4n) is 2.17. The lowest BCUT2D eigenvalue weighted by Crippen LogP contribution is -2.37. The van der Waals surface area contributed by atoms with Crippen molar-refractivity contribution in [1.82, 2.24) is 4.90 Å². The maximum Gasteiger partial charge on any atom is 0.119 e. The van der Waals surface area contributed by atoms with Crippen LogP contribution in [0.15, 0.2) is 41.1 Å². The van der Waals surface area contributed by atoms with Gasteiger partial charge in [-0.2, -0.15) is 11.3 Å². The monoisotopic (exact) mass is 355 g/mol. The van der Waals surface area contributed by atoms with Crippen molar-refractivity contribution in [3.05, 3.63) is 51.7 Å². The zero-order chi connectivity index (χ0) is 16.5. The van der Waals surface area contributed by atoms with Crippen molar-refractivity contribution in [2.75, 3.05) is 33.4 Å². The Morgan fingerprint density at radius 1 is 1.26 bits per heavy atom. The fraction of sp³-hybridized carbons (Fsp3) is 0.412. The highest BCUT2D eigenvalue weighted by molar-refractivity contribution is 7.07. The van der Waals surface area contributed by atoms with E-state index in [1.807, 2.05) is 0 Å². The number of ether oxygens (including phenoxy) is 2. The average molecular weight is 356 g/mol. The van der Waals surface area contributed by atoms with Crippen LogP contribution in [-0.2, 0) is 11.3 Å². The summed E-state index contributed by atoms with van der Waals surface area (Å²) in [4.78, 5) is 2.17. The van der Waals surface area contributed by atoms with E-state index < -0.39 is 6.10 Å². The minimum atomic E-state index is -0.568. The maximum absolute atomic E-state index is 10.2. The van der Waals surface area contributed by atoms with E-state index in [-0.39, 0.29) is 6.61 Å². The smallest absolute Gasteiger partial charge is 0.119 e. The number of benzene rings is 1. The minimum absolute atomic E-state index is 0.245. The molecule has 0 aliphatic carbocycles. The number of thiophene rings is 1. The van der Waals surface area contributed by atoms with Crippen LogP contribution in [-0.4, -0.2) is 49.5 Å². The van der Waals surface area contributed by atoms with Crippen LogP contribution in [0.5, 0.6) is 5.75 Å². The van der Waals surface area contributed by atoms with Gasteiger partial charge in [-0.3, -0.25) is 4.90 Å². The molecule has 0 unspecified atom stereocenters. The number of aliphatic hydroxyl groups is 1. The third-order valence-electron chi connectivity index (χ3n) is 3.32. The van der Waals surface area contributed by atoms with E-state index in [2.05, 4.69) is 21.7 Å². The molecular weight excluding hydrogens is 334 g/mol. The summed E-state index contributed by atoms with van der Waals surface area (Å²) in [6.07, 6.45) is -0.568. The van der Waals surface area contributed by atoms with E-state index in [0.717, 1.165) is 13.1 Å². The Balaban J connectivity index is 1.81. The lowest BCUT2D eigenvalue weighted by atomic mass is 10.2. The summed E-state index contributed by atoms with van der Waals surface area (Å²) in [6, 6.07) is 9.22. The summed E-state index contributed by atoms with van der Waals surface area (Å²) >= 11 is 7.51. The average Bonchev–Trinajstić information content (AvgIpc) is 3.05. The van der Waals surface area contributed by atoms with Gasteiger partial charge in [0.05, 0.1) is 6.61 Å². The van der Waals surface area contributed by atoms with Crippen LogP contribution in [0.4, 0.5) is 0 Å². The Bertz CT molecular complexity index is 547. The molecule has 0 aliphatic rings. The number of aliphatic hydroxyl groups excluding tert-OH is 1. The first kappa shape index (κ1) is 18.2. The molecule has 0 saturated heterocycles. The van der Waals surface area contributed by atoms with Gasteiger partial charge in [0.25, 0.3) is 0 Å². The molecule has 6 heteroatoms. The Morgan fingerprint density at radius 3 is 2.70 bits per heavy atom. The zero-order valence-corrected chi connectivity index (χ0v) is 14.7. The van der Waals surface area contributed by atoms with Gasteiger partial charge in [-0.05, 0) is 46.7 Å². The quantitative estimate of drug-likeness (QED) is 0.710. The molecule has 2 aromatic rings. The van der Waals surface area contributed by atoms with Gasteiger partial charge in [-0.1, -0.05) is 11.6 Å². The van der Waals surface area contributed by atoms with E-state index in [4.69, 9.17) is 21.1 Å². The SMILES string of the molecule is COCCN(Cc1ccsc1)C[C@@H](O)COc1ccc(Cl)cc1. The zero-order valence-electron chi connectivity index (χ0n) is 13.2. The van der Waals surface area contributed by atoms with Gasteiger partial charge in [-0.15, -0.1) is 0 Å². The van der Waals surface area contributed by atoms with Crippen molar-refractivity contribution in [3.8, 4) is 5.75 Å². The number of methoxy groups -OCH3 is 1. The van der Waals surface area contributed by atoms with Gasteiger partial charge in [0.2, 0.25) is 0 Å². The summed E-state index contributed by atoms with van der Waals surface area (Å²) in [5.74, 6) is 0.703. The lowest BCUT2D eigenvalue weighted by Gasteiger charge is -2.24. The van der Waals surface area contributed by atoms with Crippen molar-refractivity contribution >= 4 is 22.9 Å². The van der Waals surface area contributed by atoms with Crippen molar-refractivity contribution in [2.24, 2.45) is 0 Å². The molecule has 1 aromatic carbocycles. The summed E-state index contributed by atoms with van der Waals surface area (Å²) in [6.45, 7) is 2.98. The van der Waals surface area contributed by atoms with Gasteiger partial charge in [-0.25, -0.2) is 0 Å². The van der Waals surface area contributed by atoms with Crippen LogP contribution in [0.1, 0.15) is 5.56 Å². The van der Waals surface area contributed by atoms with Crippen LogP contribution in [0.3, 0.4) is 0 Å². The molecule has 0 fully saturated rings. The Kier molecular flexibility index (Phi) is 7.85. The van der Waals surface area contributed by atoms with Gasteiger partial charge in [0.15, 0.2) is 0 Å². The largest absolute Gasteiger partial charge is 0.491 e. The van der Waals surface area contributed by atoms with Crippen LogP contribution >= 0.6 is 22.9 Å². The highest BCUT2D eigenvalue weighted by Crippen LogP contribution is 2.16. The van der Waals surface area contributed by atoms with Crippen LogP contribution in [0, 0.1) is 0 Å². The Morgan fingerprint density at radius 2 is 2.04 bits per heavy atom. The predicted octanol–water partition coefficient (Wildman–Crippen LogP) is 3.29. The van der Waals surface area contributed by atoms with Crippen LogP contribution in [0.2, 0.25) is 5.02 Å². The molecule has 4 nitrogen and oxygen atoms in total. The second kappa shape index (κ2) is 9.90. The molecule has 0 spiro atoms. The van der Waals surface area contributed by atoms with Crippen molar-refractivity contribution < 1.29 is 14.6 Å². The number of nitrogens with zero attached hydrogens (tertiary/aromatic N) is 1. The molecule has 1 N–H and O–H groups in total. The maximum atomic E-state index is 10.2. The summed E-state index contributed by atoms with van der Waals surface area (Å²) in [5.41, 5.74) is 1.25. The minimum Gasteiger partial charge on any atom is -0.491 e. The number of halogens is 1. The lowest BCUT2D eigenvalue weighted by molar-refractivity contribution is 0.0542. The molecule has 0 saturated carbocycles. The van der Waals surface area contributed by atoms with Crippen molar-refractivity contribution in [2.45, 2.75) is 12.6 Å². The summed E-state index contributed by atoms with van der Waals surface area (Å²) in [7, 11) is 1.68. The van der Waals surface area contributed by atoms with Crippen molar-refractivity contribution in [3.63, 3.8) is 0 Å². The van der Waals surface area contributed by atoms with Crippen LogP contribution in [0.25, 0.3) is 0 Å². The molecule has 126 valence electrons. The van der Waals surface area contributed by atoms with Gasteiger partial charge in [0, 0.05) is 31.8 Å². The van der Waals surface area contributed by atoms with Gasteiger partial charge in [0.1, 0.15) is 18.5 Å². The Labute approximate surface area is 146 Å². The molecule has 1 heterocycles. The highest BCUT2D eigenvalue weighted by Gasteiger charge is 2.13. The molecule has 0 amide bonds. The molecule has 0 radical (unpaired) electrons. The normalized spacial score (nSPS) is 12.5. The van der Waals surface area contributed by atoms with E-state index >= 15 is 0 Å². The molecule has 1 atom stereocenters. The second-order valence-corrected chi connectivity index (χ2v) is 6.49. The van der Waals surface area contributed by atoms with Crippen molar-refractivity contribution in [1.29, 1.82) is 0 Å². The molecule has 0 aliphatic heterocycles. The summed E-state index contributed by atoms with van der Waals surface area (Å²) in [5, 5.41) is 15.1. The molecule has 23 heavy (non-hydrogen) atoms. The van der Waals surface area contributed by atoms with Gasteiger partial charge < -0.3 is 14.6 Å².